The number of esters is 1. The van der Waals surface area contributed by atoms with Gasteiger partial charge in [-0.1, -0.05) is 34.8 Å². The number of carbonyl (C=O) groups excluding carboxylic acids is 1. The van der Waals surface area contributed by atoms with Crippen molar-refractivity contribution in [3.63, 3.8) is 0 Å². The molecule has 1 aromatic rings. The van der Waals surface area contributed by atoms with Crippen LogP contribution in [-0.4, -0.2) is 18.8 Å². The topological polar surface area (TPSA) is 74.5 Å². The Labute approximate surface area is 118 Å². The second kappa shape index (κ2) is 6.45. The molecule has 0 bridgehead atoms. The Balaban J connectivity index is 3.03. The van der Waals surface area contributed by atoms with Gasteiger partial charge in [-0.15, -0.1) is 0 Å². The van der Waals surface area contributed by atoms with E-state index in [1.165, 1.54) is 12.1 Å². The largest absolute Gasteiger partial charge is 0.464 e. The smallest absolute Gasteiger partial charge is 0.369 e. The Hall–Kier alpha value is -1.48. The number of nitrogens with zero attached hydrogens (tertiary/aromatic N) is 2. The molecule has 0 atom stereocenters. The Morgan fingerprint density at radius 1 is 1.39 bits per heavy atom. The minimum atomic E-state index is -0.869. The number of halogens is 3. The first-order chi connectivity index (χ1) is 8.49. The quantitative estimate of drug-likeness (QED) is 0.529. The average Bonchev–Trinajstić information content (AvgIpc) is 2.31. The molecule has 0 aliphatic rings. The number of anilines is 1. The Bertz CT molecular complexity index is 529. The number of benzene rings is 1. The van der Waals surface area contributed by atoms with Gasteiger partial charge in [0.25, 0.3) is 0 Å². The maximum Gasteiger partial charge on any atom is 0.369 e. The van der Waals surface area contributed by atoms with E-state index in [0.717, 1.165) is 7.11 Å². The first-order valence-corrected chi connectivity index (χ1v) is 5.59. The lowest BCUT2D eigenvalue weighted by Crippen LogP contribution is -2.15. The molecule has 0 saturated heterocycles. The van der Waals surface area contributed by atoms with Crippen molar-refractivity contribution in [1.29, 1.82) is 5.26 Å². The zero-order valence-electron chi connectivity index (χ0n) is 9.00. The van der Waals surface area contributed by atoms with Crippen molar-refractivity contribution in [2.75, 3.05) is 12.5 Å². The summed E-state index contributed by atoms with van der Waals surface area (Å²) in [7, 11) is 1.14. The fraction of sp³-hybridized carbons (Fsp3) is 0.100. The molecule has 18 heavy (non-hydrogen) atoms. The van der Waals surface area contributed by atoms with Crippen molar-refractivity contribution in [3.05, 3.63) is 27.2 Å². The van der Waals surface area contributed by atoms with Crippen LogP contribution in [0.3, 0.4) is 0 Å². The van der Waals surface area contributed by atoms with Crippen LogP contribution in [0.5, 0.6) is 0 Å². The van der Waals surface area contributed by atoms with Crippen LogP contribution in [0.15, 0.2) is 17.2 Å². The summed E-state index contributed by atoms with van der Waals surface area (Å²) < 4.78 is 4.35. The number of hydrazone groups is 1. The average molecular weight is 307 g/mol. The van der Waals surface area contributed by atoms with Crippen LogP contribution in [0.2, 0.25) is 15.1 Å². The molecule has 0 aliphatic heterocycles. The molecule has 0 fully saturated rings. The summed E-state index contributed by atoms with van der Waals surface area (Å²) in [6.07, 6.45) is 0. The highest BCUT2D eigenvalue weighted by Crippen LogP contribution is 2.33. The summed E-state index contributed by atoms with van der Waals surface area (Å²) in [4.78, 5) is 11.1. The third-order valence-corrected chi connectivity index (χ3v) is 2.59. The fourth-order valence-electron chi connectivity index (χ4n) is 0.974. The second-order valence-electron chi connectivity index (χ2n) is 2.92. The summed E-state index contributed by atoms with van der Waals surface area (Å²) in [6, 6.07) is 4.46. The van der Waals surface area contributed by atoms with Gasteiger partial charge in [-0.05, 0) is 12.1 Å². The third-order valence-electron chi connectivity index (χ3n) is 1.77. The van der Waals surface area contributed by atoms with Crippen molar-refractivity contribution in [3.8, 4) is 6.07 Å². The number of rotatable bonds is 3. The lowest BCUT2D eigenvalue weighted by atomic mass is 10.3. The molecule has 94 valence electrons. The highest BCUT2D eigenvalue weighted by atomic mass is 35.5. The predicted octanol–water partition coefficient (Wildman–Crippen LogP) is 3.11. The van der Waals surface area contributed by atoms with Crippen LogP contribution >= 0.6 is 34.8 Å². The molecule has 0 saturated carbocycles. The van der Waals surface area contributed by atoms with Crippen LogP contribution < -0.4 is 5.43 Å². The highest BCUT2D eigenvalue weighted by molar-refractivity contribution is 6.44. The van der Waals surface area contributed by atoms with Gasteiger partial charge in [0.15, 0.2) is 0 Å². The van der Waals surface area contributed by atoms with Crippen molar-refractivity contribution in [2.24, 2.45) is 5.10 Å². The molecule has 0 amide bonds. The summed E-state index contributed by atoms with van der Waals surface area (Å²) in [5, 5.41) is 13.0. The Kier molecular flexibility index (Phi) is 5.23. The maximum atomic E-state index is 11.1. The van der Waals surface area contributed by atoms with Crippen LogP contribution in [0.4, 0.5) is 5.69 Å². The van der Waals surface area contributed by atoms with Crippen LogP contribution in [-0.2, 0) is 9.53 Å². The lowest BCUT2D eigenvalue weighted by molar-refractivity contribution is -0.132. The summed E-state index contributed by atoms with van der Waals surface area (Å²) in [5.41, 5.74) is 2.19. The molecule has 5 nitrogen and oxygen atoms in total. The first kappa shape index (κ1) is 14.6. The molecular weight excluding hydrogens is 300 g/mol. The van der Waals surface area contributed by atoms with Gasteiger partial charge in [-0.2, -0.15) is 10.4 Å². The minimum Gasteiger partial charge on any atom is -0.464 e. The molecule has 0 radical (unpaired) electrons. The molecule has 1 N–H and O–H groups in total. The van der Waals surface area contributed by atoms with Gasteiger partial charge in [0.1, 0.15) is 6.07 Å². The SMILES string of the molecule is COC(=O)/C(C#N)=N\Nc1c(Cl)cc(Cl)cc1Cl. The molecular formula is C10H6Cl3N3O2. The van der Waals surface area contributed by atoms with E-state index in [0.29, 0.717) is 5.02 Å². The molecule has 0 heterocycles. The van der Waals surface area contributed by atoms with Crippen LogP contribution in [0.25, 0.3) is 0 Å². The van der Waals surface area contributed by atoms with Gasteiger partial charge >= 0.3 is 5.97 Å². The summed E-state index contributed by atoms with van der Waals surface area (Å²) in [5.74, 6) is -0.869. The normalized spacial score (nSPS) is 10.7. The molecule has 1 rings (SSSR count). The molecule has 0 aliphatic carbocycles. The van der Waals surface area contributed by atoms with Gasteiger partial charge in [-0.3, -0.25) is 5.43 Å². The highest BCUT2D eigenvalue weighted by Gasteiger charge is 2.12. The second-order valence-corrected chi connectivity index (χ2v) is 4.17. The molecule has 0 aromatic heterocycles. The Morgan fingerprint density at radius 3 is 2.39 bits per heavy atom. The van der Waals surface area contributed by atoms with Gasteiger partial charge in [-0.25, -0.2) is 4.79 Å². The van der Waals surface area contributed by atoms with Crippen molar-refractivity contribution in [2.45, 2.75) is 0 Å². The number of nitrogens with one attached hydrogen (secondary N) is 1. The van der Waals surface area contributed by atoms with Crippen LogP contribution in [0, 0.1) is 11.3 Å². The van der Waals surface area contributed by atoms with E-state index < -0.39 is 11.7 Å². The van der Waals surface area contributed by atoms with E-state index in [4.69, 9.17) is 40.1 Å². The number of methoxy groups -OCH3 is 1. The van der Waals surface area contributed by atoms with Crippen molar-refractivity contribution < 1.29 is 9.53 Å². The zero-order chi connectivity index (χ0) is 13.7. The molecule has 8 heteroatoms. The summed E-state index contributed by atoms with van der Waals surface area (Å²) >= 11 is 17.5. The van der Waals surface area contributed by atoms with E-state index in [1.807, 2.05) is 0 Å². The predicted molar refractivity (Wildman–Crippen MR) is 70.2 cm³/mol. The zero-order valence-corrected chi connectivity index (χ0v) is 11.3. The first-order valence-electron chi connectivity index (χ1n) is 4.46. The molecule has 0 unspecified atom stereocenters. The Morgan fingerprint density at radius 2 is 1.94 bits per heavy atom. The van der Waals surface area contributed by atoms with E-state index >= 15 is 0 Å². The maximum absolute atomic E-state index is 11.1. The number of hydrogen-bond acceptors (Lipinski definition) is 5. The van der Waals surface area contributed by atoms with Crippen molar-refractivity contribution in [1.82, 2.24) is 0 Å². The third kappa shape index (κ3) is 3.50. The van der Waals surface area contributed by atoms with Gasteiger partial charge in [0.2, 0.25) is 5.71 Å². The van der Waals surface area contributed by atoms with E-state index in [1.54, 1.807) is 6.07 Å². The monoisotopic (exact) mass is 305 g/mol. The summed E-state index contributed by atoms with van der Waals surface area (Å²) in [6.45, 7) is 0. The van der Waals surface area contributed by atoms with Crippen molar-refractivity contribution >= 4 is 52.2 Å². The van der Waals surface area contributed by atoms with Gasteiger partial charge in [0.05, 0.1) is 22.8 Å². The lowest BCUT2D eigenvalue weighted by Gasteiger charge is -2.06. The number of nitriles is 1. The number of carbonyl (C=O) groups is 1. The van der Waals surface area contributed by atoms with E-state index in [2.05, 4.69) is 15.3 Å². The number of ether oxygens (including phenoxy) is 1. The van der Waals surface area contributed by atoms with E-state index in [9.17, 15) is 4.79 Å². The fourth-order valence-corrected chi connectivity index (χ4v) is 1.88. The minimum absolute atomic E-state index is 0.207. The van der Waals surface area contributed by atoms with Gasteiger partial charge < -0.3 is 4.74 Å². The van der Waals surface area contributed by atoms with Crippen LogP contribution in [0.1, 0.15) is 0 Å². The molecule has 1 aromatic carbocycles. The molecule has 0 spiro atoms. The standard InChI is InChI=1S/C10H6Cl3N3O2/c1-18-10(17)8(4-14)15-16-9-6(12)2-5(11)3-7(9)13/h2-3,16H,1H3/b15-8-. The van der Waals surface area contributed by atoms with Gasteiger partial charge in [0, 0.05) is 5.02 Å². The van der Waals surface area contributed by atoms with E-state index in [-0.39, 0.29) is 15.7 Å². The number of hydrogen-bond donors (Lipinski definition) is 1.